The lowest BCUT2D eigenvalue weighted by Crippen LogP contribution is -2.19. The van der Waals surface area contributed by atoms with Crippen LogP contribution in [0.1, 0.15) is 23.3 Å². The van der Waals surface area contributed by atoms with Gasteiger partial charge in [0, 0.05) is 7.05 Å². The molecule has 0 spiro atoms. The van der Waals surface area contributed by atoms with E-state index < -0.39 is 0 Å². The molecule has 3 nitrogen and oxygen atoms in total. The second-order valence-corrected chi connectivity index (χ2v) is 4.99. The van der Waals surface area contributed by atoms with Crippen LogP contribution in [0.5, 0.6) is 0 Å². The van der Waals surface area contributed by atoms with E-state index in [0.717, 1.165) is 11.1 Å². The Morgan fingerprint density at radius 2 is 1.50 bits per heavy atom. The lowest BCUT2D eigenvalue weighted by molar-refractivity contribution is -0.146. The Labute approximate surface area is 119 Å². The van der Waals surface area contributed by atoms with Crippen LogP contribution in [-0.4, -0.2) is 12.1 Å². The zero-order chi connectivity index (χ0) is 13.9. The number of nitrogens with zero attached hydrogens (tertiary/aromatic N) is 2. The summed E-state index contributed by atoms with van der Waals surface area (Å²) in [6, 6.07) is 22.4. The van der Waals surface area contributed by atoms with Crippen molar-refractivity contribution in [3.8, 4) is 6.07 Å². The fraction of sp³-hybridized carbons (Fsp3) is 0.235. The zero-order valence-electron chi connectivity index (χ0n) is 11.3. The summed E-state index contributed by atoms with van der Waals surface area (Å²) in [6.07, 6.45) is -0.212. The quantitative estimate of drug-likeness (QED) is 0.833. The molecule has 0 radical (unpaired) electrons. The van der Waals surface area contributed by atoms with Gasteiger partial charge in [0.15, 0.2) is 0 Å². The average molecular weight is 264 g/mol. The number of hydroxylamine groups is 2. The van der Waals surface area contributed by atoms with Crippen molar-refractivity contribution in [3.63, 3.8) is 0 Å². The monoisotopic (exact) mass is 264 g/mol. The minimum Gasteiger partial charge on any atom is -0.289 e. The molecular formula is C17H16N2O. The maximum absolute atomic E-state index is 9.59. The third kappa shape index (κ3) is 2.20. The Hall–Kier alpha value is -2.15. The van der Waals surface area contributed by atoms with Gasteiger partial charge in [-0.3, -0.25) is 4.84 Å². The van der Waals surface area contributed by atoms with E-state index in [0.29, 0.717) is 0 Å². The van der Waals surface area contributed by atoms with Gasteiger partial charge in [0.1, 0.15) is 12.0 Å². The van der Waals surface area contributed by atoms with Crippen LogP contribution in [0.2, 0.25) is 0 Å². The standard InChI is InChI=1S/C17H16N2O/c1-19-16(13-8-4-2-5-9-13)15(12-18)17(20-19)14-10-6-3-7-11-14/h2-11,15-17H,1H3/t15-,16+,17+/m0/s1. The fourth-order valence-corrected chi connectivity index (χ4v) is 2.82. The van der Waals surface area contributed by atoms with E-state index in [1.165, 1.54) is 0 Å². The summed E-state index contributed by atoms with van der Waals surface area (Å²) in [4.78, 5) is 5.93. The molecule has 0 saturated carbocycles. The smallest absolute Gasteiger partial charge is 0.122 e. The highest BCUT2D eigenvalue weighted by atomic mass is 16.7. The first-order valence-corrected chi connectivity index (χ1v) is 6.70. The van der Waals surface area contributed by atoms with E-state index in [-0.39, 0.29) is 18.1 Å². The van der Waals surface area contributed by atoms with E-state index in [9.17, 15) is 5.26 Å². The van der Waals surface area contributed by atoms with Crippen LogP contribution in [0.15, 0.2) is 60.7 Å². The predicted molar refractivity (Wildman–Crippen MR) is 76.3 cm³/mol. The minimum absolute atomic E-state index is 0.0357. The van der Waals surface area contributed by atoms with Crippen LogP contribution in [0.4, 0.5) is 0 Å². The lowest BCUT2D eigenvalue weighted by atomic mass is 9.88. The molecule has 1 saturated heterocycles. The molecule has 1 aliphatic heterocycles. The molecular weight excluding hydrogens is 248 g/mol. The van der Waals surface area contributed by atoms with Crippen LogP contribution in [0.25, 0.3) is 0 Å². The summed E-state index contributed by atoms with van der Waals surface area (Å²) in [6.45, 7) is 0. The molecule has 20 heavy (non-hydrogen) atoms. The van der Waals surface area contributed by atoms with E-state index in [4.69, 9.17) is 4.84 Å². The third-order valence-corrected chi connectivity index (χ3v) is 3.76. The molecule has 100 valence electrons. The third-order valence-electron chi connectivity index (χ3n) is 3.76. The Bertz CT molecular complexity index is 606. The highest BCUT2D eigenvalue weighted by molar-refractivity contribution is 5.27. The summed E-state index contributed by atoms with van der Waals surface area (Å²) in [5.74, 6) is -0.218. The van der Waals surface area contributed by atoms with Crippen molar-refractivity contribution in [2.24, 2.45) is 5.92 Å². The van der Waals surface area contributed by atoms with Crippen LogP contribution >= 0.6 is 0 Å². The summed E-state index contributed by atoms with van der Waals surface area (Å²) in [7, 11) is 1.89. The van der Waals surface area contributed by atoms with Crippen molar-refractivity contribution in [3.05, 3.63) is 71.8 Å². The summed E-state index contributed by atoms with van der Waals surface area (Å²) >= 11 is 0. The van der Waals surface area contributed by atoms with Crippen LogP contribution in [0.3, 0.4) is 0 Å². The zero-order valence-corrected chi connectivity index (χ0v) is 11.3. The maximum atomic E-state index is 9.59. The number of hydrogen-bond donors (Lipinski definition) is 0. The highest BCUT2D eigenvalue weighted by Crippen LogP contribution is 2.45. The molecule has 0 aliphatic carbocycles. The largest absolute Gasteiger partial charge is 0.289 e. The molecule has 3 atom stereocenters. The van der Waals surface area contributed by atoms with E-state index in [1.807, 2.05) is 67.7 Å². The number of rotatable bonds is 2. The Balaban J connectivity index is 1.96. The SMILES string of the molecule is CN1O[C@H](c2ccccc2)[C@@H](C#N)[C@H]1c1ccccc1. The van der Waals surface area contributed by atoms with Gasteiger partial charge >= 0.3 is 0 Å². The summed E-state index contributed by atoms with van der Waals surface area (Å²) < 4.78 is 0. The van der Waals surface area contributed by atoms with Crippen molar-refractivity contribution >= 4 is 0 Å². The molecule has 0 N–H and O–H groups in total. The van der Waals surface area contributed by atoms with Gasteiger partial charge in [0.25, 0.3) is 0 Å². The van der Waals surface area contributed by atoms with Crippen molar-refractivity contribution in [1.82, 2.24) is 5.06 Å². The van der Waals surface area contributed by atoms with Crippen LogP contribution < -0.4 is 0 Å². The molecule has 0 bridgehead atoms. The van der Waals surface area contributed by atoms with E-state index in [2.05, 4.69) is 6.07 Å². The molecule has 3 heteroatoms. The van der Waals surface area contributed by atoms with Crippen molar-refractivity contribution < 1.29 is 4.84 Å². The van der Waals surface area contributed by atoms with Gasteiger partial charge in [0.2, 0.25) is 0 Å². The van der Waals surface area contributed by atoms with Gasteiger partial charge in [-0.1, -0.05) is 60.7 Å². The Morgan fingerprint density at radius 1 is 0.950 bits per heavy atom. The summed E-state index contributed by atoms with van der Waals surface area (Å²) in [5, 5.41) is 11.4. The van der Waals surface area contributed by atoms with Gasteiger partial charge < -0.3 is 0 Å². The van der Waals surface area contributed by atoms with Gasteiger partial charge in [0.05, 0.1) is 12.1 Å². The second kappa shape index (κ2) is 5.46. The predicted octanol–water partition coefficient (Wildman–Crippen LogP) is 3.49. The molecule has 0 aromatic heterocycles. The fourth-order valence-electron chi connectivity index (χ4n) is 2.82. The molecule has 0 unspecified atom stereocenters. The first-order chi connectivity index (χ1) is 9.81. The van der Waals surface area contributed by atoms with Crippen LogP contribution in [-0.2, 0) is 4.84 Å². The molecule has 2 aromatic carbocycles. The number of benzene rings is 2. The molecule has 1 heterocycles. The van der Waals surface area contributed by atoms with Gasteiger partial charge in [-0.25, -0.2) is 0 Å². The molecule has 2 aromatic rings. The maximum Gasteiger partial charge on any atom is 0.122 e. The number of hydrogen-bond acceptors (Lipinski definition) is 3. The Kier molecular flexibility index (Phi) is 3.51. The molecule has 1 fully saturated rings. The topological polar surface area (TPSA) is 36.3 Å². The van der Waals surface area contributed by atoms with E-state index >= 15 is 0 Å². The Morgan fingerprint density at radius 3 is 2.05 bits per heavy atom. The van der Waals surface area contributed by atoms with E-state index in [1.54, 1.807) is 5.06 Å². The van der Waals surface area contributed by atoms with Crippen molar-refractivity contribution in [1.29, 1.82) is 5.26 Å². The summed E-state index contributed by atoms with van der Waals surface area (Å²) in [5.41, 5.74) is 2.16. The first-order valence-electron chi connectivity index (χ1n) is 6.70. The van der Waals surface area contributed by atoms with Gasteiger partial charge in [-0.05, 0) is 11.1 Å². The van der Waals surface area contributed by atoms with Crippen molar-refractivity contribution in [2.75, 3.05) is 7.05 Å². The first kappa shape index (κ1) is 12.9. The van der Waals surface area contributed by atoms with Gasteiger partial charge in [-0.15, -0.1) is 0 Å². The highest BCUT2D eigenvalue weighted by Gasteiger charge is 2.43. The van der Waals surface area contributed by atoms with Crippen LogP contribution in [0, 0.1) is 17.2 Å². The molecule has 0 amide bonds. The average Bonchev–Trinajstić information content (AvgIpc) is 2.85. The number of nitriles is 1. The molecule has 3 rings (SSSR count). The lowest BCUT2D eigenvalue weighted by Gasteiger charge is -2.19. The normalized spacial score (nSPS) is 26.3. The minimum atomic E-state index is -0.218. The molecule has 1 aliphatic rings. The van der Waals surface area contributed by atoms with Gasteiger partial charge in [-0.2, -0.15) is 10.3 Å². The second-order valence-electron chi connectivity index (χ2n) is 4.99. The van der Waals surface area contributed by atoms with Crippen molar-refractivity contribution in [2.45, 2.75) is 12.1 Å².